The molecule has 0 unspecified atom stereocenters. The summed E-state index contributed by atoms with van der Waals surface area (Å²) in [6.45, 7) is 0. The van der Waals surface area contributed by atoms with Crippen molar-refractivity contribution in [3.63, 3.8) is 0 Å². The normalized spacial score (nSPS) is 13.8. The maximum Gasteiger partial charge on any atom is 0.258 e. The standard InChI is InChI=1S/C11H9Cl3N2O2/c12-11(13,14)8(17)5-9-15-7-4-2-1-3-6(7)10(18)16-9/h1-4,8,17H,5H2,(H,15,16,18)/t8-/m1/s1. The number of aromatic amines is 1. The van der Waals surface area contributed by atoms with Gasteiger partial charge in [0.2, 0.25) is 3.79 Å². The highest BCUT2D eigenvalue weighted by Gasteiger charge is 2.31. The Balaban J connectivity index is 2.39. The van der Waals surface area contributed by atoms with Gasteiger partial charge in [-0.05, 0) is 12.1 Å². The van der Waals surface area contributed by atoms with E-state index in [-0.39, 0.29) is 17.8 Å². The van der Waals surface area contributed by atoms with Crippen LogP contribution in [0.1, 0.15) is 5.82 Å². The van der Waals surface area contributed by atoms with Crippen molar-refractivity contribution in [2.45, 2.75) is 16.3 Å². The van der Waals surface area contributed by atoms with Crippen molar-refractivity contribution in [3.05, 3.63) is 40.4 Å². The molecule has 0 amide bonds. The number of aliphatic hydroxyl groups is 1. The van der Waals surface area contributed by atoms with Crippen molar-refractivity contribution in [1.82, 2.24) is 9.97 Å². The molecule has 1 heterocycles. The van der Waals surface area contributed by atoms with Gasteiger partial charge in [0.25, 0.3) is 5.56 Å². The molecule has 0 radical (unpaired) electrons. The number of hydrogen-bond acceptors (Lipinski definition) is 3. The maximum absolute atomic E-state index is 11.8. The summed E-state index contributed by atoms with van der Waals surface area (Å²) in [5, 5.41) is 10.1. The molecular weight excluding hydrogens is 298 g/mol. The maximum atomic E-state index is 11.8. The van der Waals surface area contributed by atoms with Crippen LogP contribution in [0.5, 0.6) is 0 Å². The van der Waals surface area contributed by atoms with E-state index in [4.69, 9.17) is 34.8 Å². The summed E-state index contributed by atoms with van der Waals surface area (Å²) in [6.07, 6.45) is -1.29. The van der Waals surface area contributed by atoms with Gasteiger partial charge in [-0.2, -0.15) is 0 Å². The number of alkyl halides is 3. The fraction of sp³-hybridized carbons (Fsp3) is 0.273. The first-order valence-electron chi connectivity index (χ1n) is 5.10. The van der Waals surface area contributed by atoms with Gasteiger partial charge in [0, 0.05) is 6.42 Å². The molecule has 0 saturated carbocycles. The Morgan fingerprint density at radius 1 is 1.33 bits per heavy atom. The summed E-state index contributed by atoms with van der Waals surface area (Å²) in [6, 6.07) is 6.88. The number of halogens is 3. The number of aromatic nitrogens is 2. The topological polar surface area (TPSA) is 66.0 Å². The minimum Gasteiger partial charge on any atom is -0.388 e. The number of aliphatic hydroxyl groups excluding tert-OH is 1. The highest BCUT2D eigenvalue weighted by molar-refractivity contribution is 6.68. The van der Waals surface area contributed by atoms with Gasteiger partial charge >= 0.3 is 0 Å². The van der Waals surface area contributed by atoms with Crippen molar-refractivity contribution in [2.24, 2.45) is 0 Å². The van der Waals surface area contributed by atoms with Gasteiger partial charge < -0.3 is 10.1 Å². The molecule has 0 aliphatic carbocycles. The Labute approximate surface area is 118 Å². The number of hydrogen-bond donors (Lipinski definition) is 2. The second-order valence-corrected chi connectivity index (χ2v) is 6.16. The third kappa shape index (κ3) is 2.95. The molecule has 0 fully saturated rings. The Hall–Kier alpha value is -0.810. The second kappa shape index (κ2) is 5.05. The van der Waals surface area contributed by atoms with Crippen molar-refractivity contribution in [3.8, 4) is 0 Å². The lowest BCUT2D eigenvalue weighted by Gasteiger charge is -2.18. The molecule has 2 N–H and O–H groups in total. The third-order valence-electron chi connectivity index (χ3n) is 2.43. The van der Waals surface area contributed by atoms with Gasteiger partial charge in [-0.1, -0.05) is 46.9 Å². The second-order valence-electron chi connectivity index (χ2n) is 3.79. The minimum absolute atomic E-state index is 0.0451. The molecule has 0 bridgehead atoms. The smallest absolute Gasteiger partial charge is 0.258 e. The van der Waals surface area contributed by atoms with Crippen molar-refractivity contribution in [1.29, 1.82) is 0 Å². The monoisotopic (exact) mass is 306 g/mol. The van der Waals surface area contributed by atoms with E-state index in [0.717, 1.165) is 0 Å². The zero-order valence-corrected chi connectivity index (χ0v) is 11.3. The number of para-hydroxylation sites is 1. The molecule has 18 heavy (non-hydrogen) atoms. The predicted octanol–water partition coefficient (Wildman–Crippen LogP) is 2.20. The first-order chi connectivity index (χ1) is 8.38. The van der Waals surface area contributed by atoms with E-state index in [9.17, 15) is 9.90 Å². The molecule has 0 saturated heterocycles. The van der Waals surface area contributed by atoms with Crippen molar-refractivity contribution >= 4 is 45.7 Å². The molecular formula is C11H9Cl3N2O2. The quantitative estimate of drug-likeness (QED) is 0.836. The van der Waals surface area contributed by atoms with E-state index in [1.54, 1.807) is 24.3 Å². The van der Waals surface area contributed by atoms with Crippen LogP contribution in [0.15, 0.2) is 29.1 Å². The number of H-pyrrole nitrogens is 1. The fourth-order valence-corrected chi connectivity index (χ4v) is 1.76. The van der Waals surface area contributed by atoms with Crippen LogP contribution < -0.4 is 5.56 Å². The molecule has 0 spiro atoms. The van der Waals surface area contributed by atoms with Crippen LogP contribution in [0.25, 0.3) is 10.9 Å². The molecule has 1 aromatic heterocycles. The SMILES string of the molecule is O=c1[nH]c(C[C@@H](O)C(Cl)(Cl)Cl)nc2ccccc12. The van der Waals surface area contributed by atoms with Gasteiger partial charge in [0.1, 0.15) is 11.9 Å². The highest BCUT2D eigenvalue weighted by atomic mass is 35.6. The Morgan fingerprint density at radius 3 is 2.67 bits per heavy atom. The molecule has 1 atom stereocenters. The van der Waals surface area contributed by atoms with Crippen LogP contribution in [0.2, 0.25) is 0 Å². The van der Waals surface area contributed by atoms with Crippen LogP contribution in [0.4, 0.5) is 0 Å². The van der Waals surface area contributed by atoms with E-state index in [0.29, 0.717) is 10.9 Å². The number of nitrogens with zero attached hydrogens (tertiary/aromatic N) is 1. The lowest BCUT2D eigenvalue weighted by molar-refractivity contribution is 0.176. The van der Waals surface area contributed by atoms with E-state index < -0.39 is 9.90 Å². The van der Waals surface area contributed by atoms with Crippen LogP contribution in [-0.2, 0) is 6.42 Å². The molecule has 2 aromatic rings. The summed E-state index contributed by atoms with van der Waals surface area (Å²) < 4.78 is -1.82. The fourth-order valence-electron chi connectivity index (χ4n) is 1.53. The number of fused-ring (bicyclic) bond motifs is 1. The first-order valence-corrected chi connectivity index (χ1v) is 6.24. The zero-order chi connectivity index (χ0) is 13.3. The minimum atomic E-state index is -1.82. The summed E-state index contributed by atoms with van der Waals surface area (Å²) in [4.78, 5) is 18.5. The molecule has 4 nitrogen and oxygen atoms in total. The van der Waals surface area contributed by atoms with Crippen LogP contribution in [0.3, 0.4) is 0 Å². The molecule has 1 aromatic carbocycles. The van der Waals surface area contributed by atoms with Gasteiger partial charge in [0.15, 0.2) is 0 Å². The zero-order valence-electron chi connectivity index (χ0n) is 9.03. The van der Waals surface area contributed by atoms with Gasteiger partial charge in [0.05, 0.1) is 10.9 Å². The molecule has 96 valence electrons. The Bertz CT molecular complexity index is 621. The van der Waals surface area contributed by atoms with Crippen molar-refractivity contribution in [2.75, 3.05) is 0 Å². The molecule has 0 aliphatic heterocycles. The van der Waals surface area contributed by atoms with Crippen LogP contribution >= 0.6 is 34.8 Å². The van der Waals surface area contributed by atoms with Gasteiger partial charge in [-0.15, -0.1) is 0 Å². The predicted molar refractivity (Wildman–Crippen MR) is 72.4 cm³/mol. The van der Waals surface area contributed by atoms with Crippen LogP contribution in [-0.4, -0.2) is 25.0 Å². The molecule has 7 heteroatoms. The van der Waals surface area contributed by atoms with Gasteiger partial charge in [-0.3, -0.25) is 4.79 Å². The Morgan fingerprint density at radius 2 is 2.00 bits per heavy atom. The van der Waals surface area contributed by atoms with E-state index in [2.05, 4.69) is 9.97 Å². The number of rotatable bonds is 2. The van der Waals surface area contributed by atoms with Crippen LogP contribution in [0, 0.1) is 0 Å². The van der Waals surface area contributed by atoms with Gasteiger partial charge in [-0.25, -0.2) is 4.98 Å². The van der Waals surface area contributed by atoms with E-state index in [1.165, 1.54) is 0 Å². The lowest BCUT2D eigenvalue weighted by Crippen LogP contribution is -2.29. The summed E-state index contributed by atoms with van der Waals surface area (Å²) in [7, 11) is 0. The van der Waals surface area contributed by atoms with E-state index >= 15 is 0 Å². The number of benzene rings is 1. The molecule has 0 aliphatic rings. The summed E-state index contributed by atoms with van der Waals surface area (Å²) in [5.41, 5.74) is 0.250. The average molecular weight is 308 g/mol. The average Bonchev–Trinajstić information content (AvgIpc) is 2.27. The van der Waals surface area contributed by atoms with E-state index in [1.807, 2.05) is 0 Å². The molecule has 2 rings (SSSR count). The first kappa shape index (κ1) is 13.6. The van der Waals surface area contributed by atoms with Crippen molar-refractivity contribution < 1.29 is 5.11 Å². The highest BCUT2D eigenvalue weighted by Crippen LogP contribution is 2.31. The Kier molecular flexibility index (Phi) is 3.82. The third-order valence-corrected chi connectivity index (χ3v) is 3.18. The summed E-state index contributed by atoms with van der Waals surface area (Å²) in [5.74, 6) is 0.275. The summed E-state index contributed by atoms with van der Waals surface area (Å²) >= 11 is 16.7. The lowest BCUT2D eigenvalue weighted by atomic mass is 10.2. The number of nitrogens with one attached hydrogen (secondary N) is 1. The largest absolute Gasteiger partial charge is 0.388 e.